The number of hydrogen-bond acceptors (Lipinski definition) is 3. The van der Waals surface area contributed by atoms with Gasteiger partial charge in [-0.25, -0.2) is 9.97 Å². The second-order valence-electron chi connectivity index (χ2n) is 4.86. The van der Waals surface area contributed by atoms with E-state index in [1.54, 1.807) is 6.33 Å². The highest BCUT2D eigenvalue weighted by molar-refractivity contribution is 5.34. The highest BCUT2D eigenvalue weighted by atomic mass is 16.3. The molecule has 0 aliphatic heterocycles. The molecule has 0 amide bonds. The molecule has 0 aliphatic rings. The summed E-state index contributed by atoms with van der Waals surface area (Å²) in [4.78, 5) is 8.92. The standard InChI is InChI=1S/C14H19N3O/c1-9(2)13-5-12(7-18)6-14(16-13)17-8-15-10(3)11(17)4/h5-6,8-9,18H,7H2,1-4H3. The maximum Gasteiger partial charge on any atom is 0.138 e. The van der Waals surface area contributed by atoms with E-state index in [9.17, 15) is 5.11 Å². The van der Waals surface area contributed by atoms with E-state index in [4.69, 9.17) is 0 Å². The molecular weight excluding hydrogens is 226 g/mol. The summed E-state index contributed by atoms with van der Waals surface area (Å²) < 4.78 is 1.96. The van der Waals surface area contributed by atoms with Crippen molar-refractivity contribution in [1.29, 1.82) is 0 Å². The molecule has 0 fully saturated rings. The van der Waals surface area contributed by atoms with E-state index in [2.05, 4.69) is 23.8 Å². The Balaban J connectivity index is 2.56. The molecule has 18 heavy (non-hydrogen) atoms. The van der Waals surface area contributed by atoms with Crippen molar-refractivity contribution in [2.24, 2.45) is 0 Å². The van der Waals surface area contributed by atoms with Crippen LogP contribution in [-0.2, 0) is 6.61 Å². The van der Waals surface area contributed by atoms with Crippen LogP contribution in [0.4, 0.5) is 0 Å². The van der Waals surface area contributed by atoms with Crippen molar-refractivity contribution < 1.29 is 5.11 Å². The van der Waals surface area contributed by atoms with E-state index in [1.165, 1.54) is 0 Å². The van der Waals surface area contributed by atoms with Crippen molar-refractivity contribution in [3.05, 3.63) is 41.1 Å². The summed E-state index contributed by atoms with van der Waals surface area (Å²) in [5.41, 5.74) is 3.95. The van der Waals surface area contributed by atoms with Gasteiger partial charge in [0.2, 0.25) is 0 Å². The topological polar surface area (TPSA) is 50.9 Å². The zero-order valence-electron chi connectivity index (χ0n) is 11.3. The van der Waals surface area contributed by atoms with Crippen molar-refractivity contribution >= 4 is 0 Å². The summed E-state index contributed by atoms with van der Waals surface area (Å²) >= 11 is 0. The van der Waals surface area contributed by atoms with Gasteiger partial charge >= 0.3 is 0 Å². The summed E-state index contributed by atoms with van der Waals surface area (Å²) in [5, 5.41) is 9.34. The van der Waals surface area contributed by atoms with E-state index in [-0.39, 0.29) is 6.61 Å². The Bertz CT molecular complexity index is 558. The lowest BCUT2D eigenvalue weighted by Gasteiger charge is -2.11. The molecular formula is C14H19N3O. The molecule has 1 N–H and O–H groups in total. The first-order valence-electron chi connectivity index (χ1n) is 6.15. The van der Waals surface area contributed by atoms with Crippen molar-refractivity contribution in [2.45, 2.75) is 40.2 Å². The number of rotatable bonds is 3. The smallest absolute Gasteiger partial charge is 0.138 e. The number of aliphatic hydroxyl groups is 1. The van der Waals surface area contributed by atoms with Crippen molar-refractivity contribution in [1.82, 2.24) is 14.5 Å². The second kappa shape index (κ2) is 4.90. The van der Waals surface area contributed by atoms with Crippen LogP contribution in [0, 0.1) is 13.8 Å². The normalized spacial score (nSPS) is 11.2. The van der Waals surface area contributed by atoms with E-state index >= 15 is 0 Å². The fraction of sp³-hybridized carbons (Fsp3) is 0.429. The number of aryl methyl sites for hydroxylation is 1. The average Bonchev–Trinajstić information content (AvgIpc) is 2.69. The maximum atomic E-state index is 9.34. The molecule has 0 saturated carbocycles. The Kier molecular flexibility index (Phi) is 3.48. The molecule has 4 heteroatoms. The molecule has 0 saturated heterocycles. The molecule has 2 aromatic rings. The molecule has 0 unspecified atom stereocenters. The van der Waals surface area contributed by atoms with Gasteiger partial charge in [0.1, 0.15) is 12.1 Å². The van der Waals surface area contributed by atoms with Gasteiger partial charge in [0.05, 0.1) is 12.3 Å². The van der Waals surface area contributed by atoms with Crippen LogP contribution in [0.5, 0.6) is 0 Å². The largest absolute Gasteiger partial charge is 0.392 e. The minimum atomic E-state index is 0.0297. The predicted molar refractivity (Wildman–Crippen MR) is 70.8 cm³/mol. The van der Waals surface area contributed by atoms with Gasteiger partial charge in [0.25, 0.3) is 0 Å². The molecule has 0 atom stereocenters. The molecule has 0 aromatic carbocycles. The number of hydrogen-bond donors (Lipinski definition) is 1. The summed E-state index contributed by atoms with van der Waals surface area (Å²) in [5.74, 6) is 1.16. The van der Waals surface area contributed by atoms with E-state index in [0.29, 0.717) is 5.92 Å². The van der Waals surface area contributed by atoms with Gasteiger partial charge in [-0.2, -0.15) is 0 Å². The summed E-state index contributed by atoms with van der Waals surface area (Å²) in [6.07, 6.45) is 1.78. The van der Waals surface area contributed by atoms with Crippen molar-refractivity contribution in [3.8, 4) is 5.82 Å². The Labute approximate surface area is 107 Å². The van der Waals surface area contributed by atoms with E-state index in [1.807, 2.05) is 30.5 Å². The first-order valence-corrected chi connectivity index (χ1v) is 6.15. The van der Waals surface area contributed by atoms with Gasteiger partial charge in [-0.15, -0.1) is 0 Å². The zero-order valence-corrected chi connectivity index (χ0v) is 11.3. The molecule has 0 bridgehead atoms. The van der Waals surface area contributed by atoms with Gasteiger partial charge in [-0.05, 0) is 37.5 Å². The lowest BCUT2D eigenvalue weighted by atomic mass is 10.1. The molecule has 96 valence electrons. The average molecular weight is 245 g/mol. The Morgan fingerprint density at radius 2 is 2.00 bits per heavy atom. The molecule has 0 spiro atoms. The van der Waals surface area contributed by atoms with Crippen LogP contribution in [0.25, 0.3) is 5.82 Å². The number of pyridine rings is 1. The highest BCUT2D eigenvalue weighted by Crippen LogP contribution is 2.19. The highest BCUT2D eigenvalue weighted by Gasteiger charge is 2.10. The summed E-state index contributed by atoms with van der Waals surface area (Å²) in [7, 11) is 0. The minimum Gasteiger partial charge on any atom is -0.392 e. The van der Waals surface area contributed by atoms with E-state index < -0.39 is 0 Å². The maximum absolute atomic E-state index is 9.34. The molecule has 2 heterocycles. The SMILES string of the molecule is Cc1ncn(-c2cc(CO)cc(C(C)C)n2)c1C. The Morgan fingerprint density at radius 1 is 1.28 bits per heavy atom. The third-order valence-corrected chi connectivity index (χ3v) is 3.16. The van der Waals surface area contributed by atoms with Gasteiger partial charge in [0.15, 0.2) is 0 Å². The quantitative estimate of drug-likeness (QED) is 0.904. The third kappa shape index (κ3) is 2.29. The first kappa shape index (κ1) is 12.8. The van der Waals surface area contributed by atoms with Crippen molar-refractivity contribution in [3.63, 3.8) is 0 Å². The summed E-state index contributed by atoms with van der Waals surface area (Å²) in [6, 6.07) is 3.85. The lowest BCUT2D eigenvalue weighted by molar-refractivity contribution is 0.281. The minimum absolute atomic E-state index is 0.0297. The van der Waals surface area contributed by atoms with Crippen LogP contribution < -0.4 is 0 Å². The van der Waals surface area contributed by atoms with Crippen molar-refractivity contribution in [2.75, 3.05) is 0 Å². The lowest BCUT2D eigenvalue weighted by Crippen LogP contribution is -2.04. The second-order valence-corrected chi connectivity index (χ2v) is 4.86. The van der Waals surface area contributed by atoms with Crippen LogP contribution in [0.1, 0.15) is 42.4 Å². The molecule has 4 nitrogen and oxygen atoms in total. The molecule has 0 radical (unpaired) electrons. The van der Waals surface area contributed by atoms with Gasteiger partial charge in [0, 0.05) is 11.4 Å². The number of nitrogens with zero attached hydrogens (tertiary/aromatic N) is 3. The number of aromatic nitrogens is 3. The first-order chi connectivity index (χ1) is 8.52. The van der Waals surface area contributed by atoms with Crippen LogP contribution in [0.3, 0.4) is 0 Å². The fourth-order valence-corrected chi connectivity index (χ4v) is 1.83. The zero-order chi connectivity index (χ0) is 13.3. The third-order valence-electron chi connectivity index (χ3n) is 3.16. The summed E-state index contributed by atoms with van der Waals surface area (Å²) in [6.45, 7) is 8.22. The molecule has 0 aliphatic carbocycles. The van der Waals surface area contributed by atoms with Gasteiger partial charge in [-0.1, -0.05) is 13.8 Å². The van der Waals surface area contributed by atoms with Crippen LogP contribution >= 0.6 is 0 Å². The Morgan fingerprint density at radius 3 is 2.50 bits per heavy atom. The molecule has 2 rings (SSSR count). The Hall–Kier alpha value is -1.68. The fourth-order valence-electron chi connectivity index (χ4n) is 1.83. The predicted octanol–water partition coefficient (Wildman–Crippen LogP) is 2.50. The molecule has 2 aromatic heterocycles. The number of imidazole rings is 1. The van der Waals surface area contributed by atoms with Gasteiger partial charge < -0.3 is 5.11 Å². The van der Waals surface area contributed by atoms with Crippen LogP contribution in [0.15, 0.2) is 18.5 Å². The van der Waals surface area contributed by atoms with E-state index in [0.717, 1.165) is 28.5 Å². The number of aliphatic hydroxyl groups excluding tert-OH is 1. The monoisotopic (exact) mass is 245 g/mol. The van der Waals surface area contributed by atoms with Crippen LogP contribution in [0.2, 0.25) is 0 Å². The van der Waals surface area contributed by atoms with Gasteiger partial charge in [-0.3, -0.25) is 4.57 Å². The van der Waals surface area contributed by atoms with Crippen LogP contribution in [-0.4, -0.2) is 19.6 Å².